The summed E-state index contributed by atoms with van der Waals surface area (Å²) in [6.45, 7) is 2.79. The van der Waals surface area contributed by atoms with Crippen LogP contribution >= 0.6 is 11.6 Å². The molecule has 25 heavy (non-hydrogen) atoms. The van der Waals surface area contributed by atoms with Gasteiger partial charge in [0.05, 0.1) is 10.7 Å². The van der Waals surface area contributed by atoms with Crippen LogP contribution in [0.25, 0.3) is 0 Å². The molecule has 1 aliphatic rings. The first-order chi connectivity index (χ1) is 12.2. The van der Waals surface area contributed by atoms with E-state index in [9.17, 15) is 4.79 Å². The second-order valence-corrected chi connectivity index (χ2v) is 6.93. The van der Waals surface area contributed by atoms with Crippen molar-refractivity contribution in [1.29, 1.82) is 0 Å². The number of halogens is 1. The van der Waals surface area contributed by atoms with Crippen LogP contribution in [0.3, 0.4) is 0 Å². The van der Waals surface area contributed by atoms with Gasteiger partial charge in [-0.05, 0) is 44.0 Å². The molecule has 3 rings (SSSR count). The SMILES string of the molecule is O=C(CCN1CCCC[C@H]1CCn1cccn1)Nc1ccccc1Cl. The van der Waals surface area contributed by atoms with E-state index in [2.05, 4.69) is 15.3 Å². The lowest BCUT2D eigenvalue weighted by molar-refractivity contribution is -0.116. The summed E-state index contributed by atoms with van der Waals surface area (Å²) in [7, 11) is 0. The Morgan fingerprint density at radius 3 is 2.92 bits per heavy atom. The summed E-state index contributed by atoms with van der Waals surface area (Å²) in [5.41, 5.74) is 0.683. The lowest BCUT2D eigenvalue weighted by atomic mass is 9.99. The zero-order valence-electron chi connectivity index (χ0n) is 14.4. The molecule has 0 saturated carbocycles. The predicted octanol–water partition coefficient (Wildman–Crippen LogP) is 3.81. The Hall–Kier alpha value is -1.85. The number of likely N-dealkylation sites (tertiary alicyclic amines) is 1. The van der Waals surface area contributed by atoms with Gasteiger partial charge < -0.3 is 5.32 Å². The van der Waals surface area contributed by atoms with Crippen LogP contribution in [0.1, 0.15) is 32.1 Å². The molecule has 134 valence electrons. The van der Waals surface area contributed by atoms with Crippen LogP contribution in [-0.4, -0.2) is 39.7 Å². The number of hydrogen-bond donors (Lipinski definition) is 1. The van der Waals surface area contributed by atoms with Gasteiger partial charge in [-0.1, -0.05) is 30.2 Å². The number of carbonyl (C=O) groups is 1. The molecule has 1 N–H and O–H groups in total. The maximum atomic E-state index is 12.2. The molecule has 6 heteroatoms. The minimum absolute atomic E-state index is 0.0181. The van der Waals surface area contributed by atoms with Gasteiger partial charge in [0.25, 0.3) is 0 Å². The zero-order valence-corrected chi connectivity index (χ0v) is 15.2. The van der Waals surface area contributed by atoms with E-state index in [4.69, 9.17) is 11.6 Å². The number of benzene rings is 1. The fourth-order valence-electron chi connectivity index (χ4n) is 3.42. The summed E-state index contributed by atoms with van der Waals surface area (Å²) in [4.78, 5) is 14.7. The Morgan fingerprint density at radius 1 is 1.24 bits per heavy atom. The molecule has 2 aromatic rings. The number of nitrogens with zero attached hydrogens (tertiary/aromatic N) is 3. The summed E-state index contributed by atoms with van der Waals surface area (Å²) in [5, 5.41) is 7.76. The van der Waals surface area contributed by atoms with Crippen molar-refractivity contribution >= 4 is 23.2 Å². The lowest BCUT2D eigenvalue weighted by Crippen LogP contribution is -2.41. The number of aromatic nitrogens is 2. The average Bonchev–Trinajstić information content (AvgIpc) is 3.14. The molecule has 5 nitrogen and oxygen atoms in total. The number of hydrogen-bond acceptors (Lipinski definition) is 3. The Bertz CT molecular complexity index is 674. The van der Waals surface area contributed by atoms with Gasteiger partial charge in [-0.2, -0.15) is 5.10 Å². The minimum atomic E-state index is 0.0181. The third kappa shape index (κ3) is 5.31. The van der Waals surface area contributed by atoms with Crippen LogP contribution in [0.15, 0.2) is 42.7 Å². The second kappa shape index (κ2) is 9.02. The van der Waals surface area contributed by atoms with E-state index in [0.717, 1.165) is 26.1 Å². The first-order valence-electron chi connectivity index (χ1n) is 8.98. The van der Waals surface area contributed by atoms with E-state index in [1.165, 1.54) is 19.3 Å². The monoisotopic (exact) mass is 360 g/mol. The van der Waals surface area contributed by atoms with Crippen molar-refractivity contribution in [2.75, 3.05) is 18.4 Å². The van der Waals surface area contributed by atoms with Gasteiger partial charge in [0.1, 0.15) is 0 Å². The van der Waals surface area contributed by atoms with E-state index in [0.29, 0.717) is 23.2 Å². The van der Waals surface area contributed by atoms with Gasteiger partial charge in [0.2, 0.25) is 5.91 Å². The fourth-order valence-corrected chi connectivity index (χ4v) is 3.60. The Labute approximate surface area is 154 Å². The van der Waals surface area contributed by atoms with Crippen molar-refractivity contribution < 1.29 is 4.79 Å². The predicted molar refractivity (Wildman–Crippen MR) is 101 cm³/mol. The number of amides is 1. The number of para-hydroxylation sites is 1. The van der Waals surface area contributed by atoms with E-state index < -0.39 is 0 Å². The van der Waals surface area contributed by atoms with Crippen LogP contribution < -0.4 is 5.32 Å². The van der Waals surface area contributed by atoms with Crippen molar-refractivity contribution in [1.82, 2.24) is 14.7 Å². The highest BCUT2D eigenvalue weighted by Gasteiger charge is 2.22. The molecule has 1 amide bonds. The molecule has 1 aromatic heterocycles. The summed E-state index contributed by atoms with van der Waals surface area (Å²) in [6.07, 6.45) is 9.07. The highest BCUT2D eigenvalue weighted by atomic mass is 35.5. The van der Waals surface area contributed by atoms with Crippen molar-refractivity contribution in [3.05, 3.63) is 47.7 Å². The van der Waals surface area contributed by atoms with Gasteiger partial charge in [0.15, 0.2) is 0 Å². The molecule has 0 aliphatic carbocycles. The molecule has 0 spiro atoms. The minimum Gasteiger partial charge on any atom is -0.325 e. The largest absolute Gasteiger partial charge is 0.325 e. The van der Waals surface area contributed by atoms with E-state index in [1.54, 1.807) is 6.07 Å². The average molecular weight is 361 g/mol. The van der Waals surface area contributed by atoms with Gasteiger partial charge in [-0.3, -0.25) is 14.4 Å². The van der Waals surface area contributed by atoms with Crippen molar-refractivity contribution in [3.8, 4) is 0 Å². The van der Waals surface area contributed by atoms with Crippen LogP contribution in [-0.2, 0) is 11.3 Å². The van der Waals surface area contributed by atoms with Crippen LogP contribution in [0.2, 0.25) is 5.02 Å². The number of nitrogens with one attached hydrogen (secondary N) is 1. The van der Waals surface area contributed by atoms with Crippen LogP contribution in [0.4, 0.5) is 5.69 Å². The van der Waals surface area contributed by atoms with E-state index in [-0.39, 0.29) is 5.91 Å². The quantitative estimate of drug-likeness (QED) is 0.816. The van der Waals surface area contributed by atoms with Crippen LogP contribution in [0.5, 0.6) is 0 Å². The maximum absolute atomic E-state index is 12.2. The Kier molecular flexibility index (Phi) is 6.48. The number of aryl methyl sites for hydroxylation is 1. The molecule has 1 aromatic carbocycles. The third-order valence-electron chi connectivity index (χ3n) is 4.77. The number of anilines is 1. The Morgan fingerprint density at radius 2 is 2.12 bits per heavy atom. The zero-order chi connectivity index (χ0) is 17.5. The molecule has 0 unspecified atom stereocenters. The van der Waals surface area contributed by atoms with Crippen molar-refractivity contribution in [2.45, 2.75) is 44.7 Å². The Balaban J connectivity index is 1.47. The summed E-state index contributed by atoms with van der Waals surface area (Å²) >= 11 is 6.10. The third-order valence-corrected chi connectivity index (χ3v) is 5.10. The van der Waals surface area contributed by atoms with Crippen molar-refractivity contribution in [2.24, 2.45) is 0 Å². The fraction of sp³-hybridized carbons (Fsp3) is 0.474. The molecule has 0 radical (unpaired) electrons. The molecule has 0 bridgehead atoms. The molecular weight excluding hydrogens is 336 g/mol. The number of rotatable bonds is 7. The molecular formula is C19H25ClN4O. The first kappa shape index (κ1) is 18.0. The second-order valence-electron chi connectivity index (χ2n) is 6.52. The summed E-state index contributed by atoms with van der Waals surface area (Å²) < 4.78 is 1.98. The summed E-state index contributed by atoms with van der Waals surface area (Å²) in [5.74, 6) is 0.0181. The first-order valence-corrected chi connectivity index (χ1v) is 9.36. The van der Waals surface area contributed by atoms with Crippen LogP contribution in [0, 0.1) is 0 Å². The highest BCUT2D eigenvalue weighted by Crippen LogP contribution is 2.22. The van der Waals surface area contributed by atoms with Gasteiger partial charge in [-0.25, -0.2) is 0 Å². The topological polar surface area (TPSA) is 50.2 Å². The molecule has 2 heterocycles. The van der Waals surface area contributed by atoms with E-state index in [1.807, 2.05) is 41.3 Å². The van der Waals surface area contributed by atoms with Crippen molar-refractivity contribution in [3.63, 3.8) is 0 Å². The summed E-state index contributed by atoms with van der Waals surface area (Å²) in [6, 6.07) is 9.83. The standard InChI is InChI=1S/C19H25ClN4O/c20-17-7-1-2-8-18(17)22-19(25)10-14-23-12-4-3-6-16(23)9-15-24-13-5-11-21-24/h1-2,5,7-8,11,13,16H,3-4,6,9-10,12,14-15H2,(H,22,25)/t16-/m0/s1. The van der Waals surface area contributed by atoms with Gasteiger partial charge >= 0.3 is 0 Å². The molecule has 1 aliphatic heterocycles. The van der Waals surface area contributed by atoms with Gasteiger partial charge in [-0.15, -0.1) is 0 Å². The van der Waals surface area contributed by atoms with E-state index >= 15 is 0 Å². The lowest BCUT2D eigenvalue weighted by Gasteiger charge is -2.35. The normalized spacial score (nSPS) is 18.2. The number of piperidine rings is 1. The molecule has 1 saturated heterocycles. The number of carbonyl (C=O) groups excluding carboxylic acids is 1. The molecule has 1 atom stereocenters. The van der Waals surface area contributed by atoms with Gasteiger partial charge in [0, 0.05) is 37.9 Å². The molecule has 1 fully saturated rings. The smallest absolute Gasteiger partial charge is 0.225 e. The highest BCUT2D eigenvalue weighted by molar-refractivity contribution is 6.33. The maximum Gasteiger partial charge on any atom is 0.225 e.